The first-order valence-electron chi connectivity index (χ1n) is 7.89. The quantitative estimate of drug-likeness (QED) is 0.335. The van der Waals surface area contributed by atoms with Crippen molar-refractivity contribution in [1.29, 1.82) is 0 Å². The van der Waals surface area contributed by atoms with E-state index in [1.54, 1.807) is 20.8 Å². The van der Waals surface area contributed by atoms with Crippen molar-refractivity contribution in [2.24, 2.45) is 5.41 Å². The molecule has 1 fully saturated rings. The minimum atomic E-state index is -3.96. The first-order chi connectivity index (χ1) is 11.8. The third-order valence-corrected chi connectivity index (χ3v) is 5.32. The van der Waals surface area contributed by atoms with E-state index in [-0.39, 0.29) is 17.2 Å². The number of hydrogen-bond donors (Lipinski definition) is 1. The number of aliphatic carboxylic acids is 1. The van der Waals surface area contributed by atoms with Gasteiger partial charge in [0.25, 0.3) is 5.91 Å². The molecule has 2 rings (SSSR count). The molecule has 25 heavy (non-hydrogen) atoms. The van der Waals surface area contributed by atoms with Crippen molar-refractivity contribution in [3.63, 3.8) is 0 Å². The fourth-order valence-corrected chi connectivity index (χ4v) is 4.35. The summed E-state index contributed by atoms with van der Waals surface area (Å²) in [5.74, 6) is -3.70. The highest BCUT2D eigenvalue weighted by molar-refractivity contribution is 7.92. The Morgan fingerprint density at radius 2 is 2.08 bits per heavy atom. The van der Waals surface area contributed by atoms with E-state index in [2.05, 4.69) is 5.73 Å². The van der Waals surface area contributed by atoms with Crippen molar-refractivity contribution in [1.82, 2.24) is 4.90 Å². The van der Waals surface area contributed by atoms with E-state index in [4.69, 9.17) is 6.11 Å². The summed E-state index contributed by atoms with van der Waals surface area (Å²) in [4.78, 5) is 35.6. The third-order valence-electron chi connectivity index (χ3n) is 3.45. The number of sulfone groups is 1. The third kappa shape index (κ3) is 3.67. The van der Waals surface area contributed by atoms with E-state index in [0.717, 1.165) is 6.92 Å². The van der Waals surface area contributed by atoms with Crippen LogP contribution in [0.25, 0.3) is 0 Å². The number of hydrogen-bond acceptors (Lipinski definition) is 6. The number of β-lactam (4-membered cyclic amide) rings is 1. The fraction of sp³-hybridized carbons (Fsp3) is 0.500. The van der Waals surface area contributed by atoms with Crippen LogP contribution in [0.3, 0.4) is 0 Å². The maximum atomic E-state index is 12.6. The summed E-state index contributed by atoms with van der Waals surface area (Å²) >= 11 is 0. The number of carboxylic acids is 1. The lowest BCUT2D eigenvalue weighted by Gasteiger charge is -2.44. The monoisotopic (exact) mass is 370 g/mol. The van der Waals surface area contributed by atoms with E-state index >= 15 is 0 Å². The second-order valence-electron chi connectivity index (χ2n) is 6.79. The van der Waals surface area contributed by atoms with Gasteiger partial charge in [-0.15, -0.1) is 5.73 Å². The number of carbonyl (C=O) groups excluding carboxylic acids is 2. The molecule has 0 aliphatic carbocycles. The highest BCUT2D eigenvalue weighted by Crippen LogP contribution is 2.39. The summed E-state index contributed by atoms with van der Waals surface area (Å²) in [5.41, 5.74) is 0.916. The van der Waals surface area contributed by atoms with Crippen LogP contribution in [0.2, 0.25) is 0 Å². The normalized spacial score (nSPS) is 22.5. The fourth-order valence-electron chi connectivity index (χ4n) is 2.45. The molecule has 1 saturated heterocycles. The molecule has 0 saturated carbocycles. The predicted octanol–water partition coefficient (Wildman–Crippen LogP) is 0.613. The largest absolute Gasteiger partial charge is 0.477 e. The van der Waals surface area contributed by atoms with Gasteiger partial charge in [0.1, 0.15) is 12.3 Å². The second-order valence-corrected chi connectivity index (χ2v) is 8.85. The zero-order valence-electron chi connectivity index (χ0n) is 15.2. The first-order valence-corrected chi connectivity index (χ1v) is 9.10. The Morgan fingerprint density at radius 1 is 1.48 bits per heavy atom. The van der Waals surface area contributed by atoms with Gasteiger partial charge in [0.2, 0.25) is 0 Å². The van der Waals surface area contributed by atoms with Crippen LogP contribution in [0.1, 0.15) is 29.1 Å². The van der Waals surface area contributed by atoms with Gasteiger partial charge in [0, 0.05) is 12.5 Å². The minimum absolute atomic E-state index is 0.0673. The van der Waals surface area contributed by atoms with Gasteiger partial charge in [-0.05, 0) is 11.5 Å². The molecule has 2 aliphatic heterocycles. The van der Waals surface area contributed by atoms with Gasteiger partial charge >= 0.3 is 11.9 Å². The van der Waals surface area contributed by atoms with Crippen LogP contribution in [-0.2, 0) is 29.0 Å². The topological polar surface area (TPSA) is 118 Å². The van der Waals surface area contributed by atoms with Gasteiger partial charge in [0.15, 0.2) is 15.2 Å². The van der Waals surface area contributed by atoms with Gasteiger partial charge in [-0.25, -0.2) is 13.2 Å². The number of ether oxygens (including phenoxy) is 1. The molecule has 0 aromatic carbocycles. The Labute approximate surface area is 146 Å². The van der Waals surface area contributed by atoms with Crippen LogP contribution in [0.4, 0.5) is 0 Å². The molecule has 0 aromatic heterocycles. The lowest BCUT2D eigenvalue weighted by molar-refractivity contribution is -0.143. The Kier molecular flexibility index (Phi) is 4.30. The van der Waals surface area contributed by atoms with Crippen molar-refractivity contribution in [2.75, 3.05) is 12.4 Å². The Balaban J connectivity index is 2.60. The van der Waals surface area contributed by atoms with Gasteiger partial charge in [-0.2, -0.15) is 0 Å². The number of amides is 1. The average molecular weight is 370 g/mol. The lowest BCUT2D eigenvalue weighted by Crippen LogP contribution is -2.62. The molecule has 1 atom stereocenters. The van der Waals surface area contributed by atoms with E-state index in [1.165, 1.54) is 0 Å². The van der Waals surface area contributed by atoms with Crippen LogP contribution in [0.5, 0.6) is 0 Å². The van der Waals surface area contributed by atoms with Gasteiger partial charge < -0.3 is 9.84 Å². The summed E-state index contributed by atoms with van der Waals surface area (Å²) in [5, 5.41) is 7.93. The molecule has 2 heterocycles. The summed E-state index contributed by atoms with van der Waals surface area (Å²) in [7, 11) is -3.96. The zero-order valence-corrected chi connectivity index (χ0v) is 15.1. The van der Waals surface area contributed by atoms with Crippen LogP contribution in [0, 0.1) is 5.41 Å². The first kappa shape index (κ1) is 17.4. The number of carbonyl (C=O) groups is 3. The molecule has 136 valence electrons. The van der Waals surface area contributed by atoms with E-state index in [1.807, 2.05) is 0 Å². The maximum Gasteiger partial charge on any atom is 0.352 e. The summed E-state index contributed by atoms with van der Waals surface area (Å²) in [6.45, 7) is 5.69. The van der Waals surface area contributed by atoms with Gasteiger partial charge in [-0.3, -0.25) is 14.5 Å². The Morgan fingerprint density at radius 3 is 2.56 bits per heavy atom. The summed E-state index contributed by atoms with van der Waals surface area (Å²) < 4.78 is 37.8. The molecule has 0 bridgehead atoms. The molecule has 1 N–H and O–H groups in total. The summed E-state index contributed by atoms with van der Waals surface area (Å²) in [6.07, 6.45) is 0. The number of nitrogens with zero attached hydrogens (tertiary/aromatic N) is 1. The van der Waals surface area contributed by atoms with Crippen molar-refractivity contribution >= 4 is 27.7 Å². The molecule has 0 spiro atoms. The predicted molar refractivity (Wildman–Crippen MR) is 86.8 cm³/mol. The van der Waals surface area contributed by atoms with Crippen LogP contribution < -0.4 is 0 Å². The number of esters is 1. The standard InChI is InChI=1S/C16H19NO7S/c1-9(18)24-7-10-8-25(22,23)14-11(5-6-16(2,3)4)13(19)17(14)12(10)15(20)21/h6,14H,7-8H2,1-4H3,(H,20,21)/t5?,14-/m1/s1/i6D. The minimum Gasteiger partial charge on any atom is -0.477 e. The van der Waals surface area contributed by atoms with Gasteiger partial charge in [0.05, 0.1) is 12.7 Å². The van der Waals surface area contributed by atoms with E-state index in [9.17, 15) is 27.9 Å². The second kappa shape index (κ2) is 6.16. The molecule has 2 aliphatic rings. The highest BCUT2D eigenvalue weighted by Gasteiger charge is 2.57. The average Bonchev–Trinajstić information content (AvgIpc) is 2.47. The van der Waals surface area contributed by atoms with Gasteiger partial charge in [-0.1, -0.05) is 20.8 Å². The number of fused-ring (bicyclic) bond motifs is 1. The summed E-state index contributed by atoms with van der Waals surface area (Å²) in [6, 6.07) is -0.0673. The molecular formula is C16H19NO7S. The van der Waals surface area contributed by atoms with Crippen molar-refractivity contribution < 1.29 is 34.0 Å². The SMILES string of the molecule is [2H]C(=C=C1C(=O)N2C(C(=O)O)=C(COC(C)=O)CS(=O)(=O)[C@H]12)C(C)(C)C. The maximum absolute atomic E-state index is 12.6. The zero-order chi connectivity index (χ0) is 20.0. The van der Waals surface area contributed by atoms with Crippen molar-refractivity contribution in [3.05, 3.63) is 28.6 Å². The molecular weight excluding hydrogens is 350 g/mol. The van der Waals surface area contributed by atoms with E-state index in [0.29, 0.717) is 4.90 Å². The van der Waals surface area contributed by atoms with Crippen molar-refractivity contribution in [3.8, 4) is 0 Å². The smallest absolute Gasteiger partial charge is 0.352 e. The van der Waals surface area contributed by atoms with E-state index < -0.39 is 56.5 Å². The Bertz CT molecular complexity index is 901. The molecule has 9 heteroatoms. The molecule has 8 nitrogen and oxygen atoms in total. The number of carboxylic acid groups (broad SMARTS) is 1. The number of rotatable bonds is 3. The lowest BCUT2D eigenvalue weighted by atomic mass is 9.95. The molecule has 0 unspecified atom stereocenters. The molecule has 0 radical (unpaired) electrons. The molecule has 0 aromatic rings. The highest BCUT2D eigenvalue weighted by atomic mass is 32.2. The van der Waals surface area contributed by atoms with Crippen LogP contribution in [-0.4, -0.2) is 54.0 Å². The van der Waals surface area contributed by atoms with Crippen LogP contribution >= 0.6 is 0 Å². The van der Waals surface area contributed by atoms with Crippen LogP contribution in [0.15, 0.2) is 28.6 Å². The Hall–Kier alpha value is -2.38. The molecule has 1 amide bonds. The van der Waals surface area contributed by atoms with Crippen molar-refractivity contribution in [2.45, 2.75) is 33.1 Å².